The van der Waals surface area contributed by atoms with E-state index in [0.717, 1.165) is 18.4 Å². The zero-order valence-corrected chi connectivity index (χ0v) is 21.3. The van der Waals surface area contributed by atoms with Crippen molar-refractivity contribution in [3.8, 4) is 0 Å². The lowest BCUT2D eigenvalue weighted by Gasteiger charge is -2.48. The predicted octanol–water partition coefficient (Wildman–Crippen LogP) is 2.56. The van der Waals surface area contributed by atoms with Crippen LogP contribution in [-0.2, 0) is 30.3 Å². The Balaban J connectivity index is 1.65. The molecule has 1 aromatic carbocycles. The van der Waals surface area contributed by atoms with E-state index in [9.17, 15) is 20.1 Å². The number of benzene rings is 1. The number of fused-ring (bicyclic) bond motifs is 1. The number of aliphatic hydroxyl groups is 3. The summed E-state index contributed by atoms with van der Waals surface area (Å²) in [6, 6.07) is 9.22. The van der Waals surface area contributed by atoms with Crippen LogP contribution in [0.3, 0.4) is 0 Å². The fourth-order valence-electron chi connectivity index (χ4n) is 6.24. The van der Waals surface area contributed by atoms with Crippen LogP contribution in [0.15, 0.2) is 30.3 Å². The number of aliphatic hydroxyl groups excluding tert-OH is 2. The second-order valence-corrected chi connectivity index (χ2v) is 11.2. The minimum Gasteiger partial charge on any atom is -0.460 e. The van der Waals surface area contributed by atoms with Crippen LogP contribution in [0.4, 0.5) is 0 Å². The fourth-order valence-corrected chi connectivity index (χ4v) is 6.24. The zero-order chi connectivity index (χ0) is 25.5. The number of ether oxygens (including phenoxy) is 4. The first-order valence-corrected chi connectivity index (χ1v) is 12.8. The van der Waals surface area contributed by atoms with Crippen LogP contribution in [0, 0.1) is 17.8 Å². The standard InChI is InChI=1S/C27H40O8/c1-15(2)19-16(3)10-9-13-18(19)33-25(30)27(31)23(32-14-17-11-7-6-8-12-17)21(29)20(28)22-24(27)35-26(4,5)34-22/h6-8,11-12,15-16,18-24,28-29,31H,9-10,13-14H2,1-5H3/t16?,18?,19?,20-,21-,22+,23+,24+,27-/m1/s1. The molecule has 2 aliphatic carbocycles. The molecule has 8 nitrogen and oxygen atoms in total. The first-order chi connectivity index (χ1) is 16.5. The van der Waals surface area contributed by atoms with Crippen molar-refractivity contribution in [1.82, 2.24) is 0 Å². The van der Waals surface area contributed by atoms with Crippen LogP contribution in [-0.4, -0.2) is 69.3 Å². The van der Waals surface area contributed by atoms with Gasteiger partial charge in [0.2, 0.25) is 5.60 Å². The molecule has 0 amide bonds. The summed E-state index contributed by atoms with van der Waals surface area (Å²) in [4.78, 5) is 13.8. The summed E-state index contributed by atoms with van der Waals surface area (Å²) in [6.07, 6.45) is -4.59. The van der Waals surface area contributed by atoms with Crippen molar-refractivity contribution in [3.05, 3.63) is 35.9 Å². The Morgan fingerprint density at radius 1 is 1.11 bits per heavy atom. The first kappa shape index (κ1) is 26.5. The molecule has 1 aromatic rings. The summed E-state index contributed by atoms with van der Waals surface area (Å²) in [5.74, 6) is -1.29. The van der Waals surface area contributed by atoms with Crippen LogP contribution in [0.1, 0.15) is 59.4 Å². The van der Waals surface area contributed by atoms with Gasteiger partial charge in [-0.3, -0.25) is 0 Å². The molecule has 3 fully saturated rings. The average molecular weight is 493 g/mol. The number of hydrogen-bond donors (Lipinski definition) is 3. The zero-order valence-electron chi connectivity index (χ0n) is 21.3. The van der Waals surface area contributed by atoms with Gasteiger partial charge in [-0.2, -0.15) is 0 Å². The monoisotopic (exact) mass is 492 g/mol. The summed E-state index contributed by atoms with van der Waals surface area (Å²) in [7, 11) is 0. The van der Waals surface area contributed by atoms with E-state index in [1.54, 1.807) is 13.8 Å². The molecule has 4 rings (SSSR count). The third-order valence-electron chi connectivity index (χ3n) is 7.86. The van der Waals surface area contributed by atoms with Gasteiger partial charge in [-0.05, 0) is 44.1 Å². The molecule has 8 heteroatoms. The Kier molecular flexibility index (Phi) is 7.63. The maximum atomic E-state index is 13.8. The molecule has 0 radical (unpaired) electrons. The fraction of sp³-hybridized carbons (Fsp3) is 0.741. The molecule has 35 heavy (non-hydrogen) atoms. The second-order valence-electron chi connectivity index (χ2n) is 11.2. The summed E-state index contributed by atoms with van der Waals surface area (Å²) < 4.78 is 23.7. The number of hydrogen-bond acceptors (Lipinski definition) is 8. The Bertz CT molecular complexity index is 873. The van der Waals surface area contributed by atoms with E-state index in [-0.39, 0.29) is 18.6 Å². The number of carbonyl (C=O) groups is 1. The van der Waals surface area contributed by atoms with Crippen molar-refractivity contribution in [2.75, 3.05) is 0 Å². The van der Waals surface area contributed by atoms with Crippen LogP contribution in [0.5, 0.6) is 0 Å². The van der Waals surface area contributed by atoms with E-state index in [2.05, 4.69) is 20.8 Å². The molecule has 0 spiro atoms. The molecule has 1 aliphatic heterocycles. The summed E-state index contributed by atoms with van der Waals surface area (Å²) in [5.41, 5.74) is -1.59. The van der Waals surface area contributed by atoms with Crippen molar-refractivity contribution in [2.24, 2.45) is 17.8 Å². The van der Waals surface area contributed by atoms with E-state index >= 15 is 0 Å². The molecule has 3 N–H and O–H groups in total. The van der Waals surface area contributed by atoms with E-state index in [1.165, 1.54) is 0 Å². The summed E-state index contributed by atoms with van der Waals surface area (Å²) >= 11 is 0. The number of carbonyl (C=O) groups excluding carboxylic acids is 1. The van der Waals surface area contributed by atoms with E-state index in [4.69, 9.17) is 18.9 Å². The number of esters is 1. The van der Waals surface area contributed by atoms with Gasteiger partial charge in [0.15, 0.2) is 5.79 Å². The Morgan fingerprint density at radius 2 is 1.80 bits per heavy atom. The molecule has 9 atom stereocenters. The van der Waals surface area contributed by atoms with E-state index in [1.807, 2.05) is 30.3 Å². The van der Waals surface area contributed by atoms with Gasteiger partial charge in [-0.15, -0.1) is 0 Å². The minimum absolute atomic E-state index is 0.0155. The van der Waals surface area contributed by atoms with E-state index in [0.29, 0.717) is 18.3 Å². The second kappa shape index (κ2) is 10.1. The van der Waals surface area contributed by atoms with E-state index < -0.39 is 47.9 Å². The Morgan fingerprint density at radius 3 is 2.46 bits per heavy atom. The summed E-state index contributed by atoms with van der Waals surface area (Å²) in [5, 5.41) is 33.9. The van der Waals surface area contributed by atoms with Gasteiger partial charge >= 0.3 is 5.97 Å². The quantitative estimate of drug-likeness (QED) is 0.519. The highest BCUT2D eigenvalue weighted by Crippen LogP contribution is 2.45. The highest BCUT2D eigenvalue weighted by atomic mass is 16.8. The third-order valence-corrected chi connectivity index (χ3v) is 7.86. The van der Waals surface area contributed by atoms with Gasteiger partial charge in [0.1, 0.15) is 36.6 Å². The maximum Gasteiger partial charge on any atom is 0.344 e. The maximum absolute atomic E-state index is 13.8. The normalized spacial score (nSPS) is 40.9. The van der Waals surface area contributed by atoms with Crippen LogP contribution in [0.2, 0.25) is 0 Å². The lowest BCUT2D eigenvalue weighted by atomic mass is 9.72. The highest BCUT2D eigenvalue weighted by molar-refractivity contribution is 5.82. The van der Waals surface area contributed by atoms with Crippen molar-refractivity contribution in [2.45, 2.75) is 108 Å². The minimum atomic E-state index is -2.38. The van der Waals surface area contributed by atoms with Crippen molar-refractivity contribution in [1.29, 1.82) is 0 Å². The van der Waals surface area contributed by atoms with Crippen LogP contribution < -0.4 is 0 Å². The van der Waals surface area contributed by atoms with Gasteiger partial charge < -0.3 is 34.3 Å². The lowest BCUT2D eigenvalue weighted by Crippen LogP contribution is -2.74. The number of rotatable bonds is 6. The van der Waals surface area contributed by atoms with Gasteiger partial charge in [0.25, 0.3) is 0 Å². The topological polar surface area (TPSA) is 115 Å². The average Bonchev–Trinajstić information content (AvgIpc) is 3.14. The molecular weight excluding hydrogens is 452 g/mol. The van der Waals surface area contributed by atoms with Crippen LogP contribution >= 0.6 is 0 Å². The molecule has 1 heterocycles. The van der Waals surface area contributed by atoms with Gasteiger partial charge in [-0.1, -0.05) is 57.5 Å². The molecule has 0 aromatic heterocycles. The lowest BCUT2D eigenvalue weighted by molar-refractivity contribution is -0.265. The Labute approximate surface area is 207 Å². The summed E-state index contributed by atoms with van der Waals surface area (Å²) in [6.45, 7) is 9.67. The van der Waals surface area contributed by atoms with Crippen molar-refractivity contribution >= 4 is 5.97 Å². The highest BCUT2D eigenvalue weighted by Gasteiger charge is 2.69. The molecule has 3 aliphatic rings. The predicted molar refractivity (Wildman–Crippen MR) is 127 cm³/mol. The van der Waals surface area contributed by atoms with Gasteiger partial charge in [0, 0.05) is 5.92 Å². The SMILES string of the molecule is CC(C)C1C(C)CCCC1OC(=O)[C@@]1(O)[C@@H](OCc2ccccc2)[C@H](O)[C@@H](O)[C@@H]2OC(C)(C)O[C@@H]21. The largest absolute Gasteiger partial charge is 0.460 e. The van der Waals surface area contributed by atoms with Gasteiger partial charge in [0.05, 0.1) is 6.61 Å². The van der Waals surface area contributed by atoms with Crippen LogP contribution in [0.25, 0.3) is 0 Å². The smallest absolute Gasteiger partial charge is 0.344 e. The van der Waals surface area contributed by atoms with Crippen molar-refractivity contribution < 1.29 is 39.1 Å². The molecule has 2 saturated carbocycles. The van der Waals surface area contributed by atoms with Crippen molar-refractivity contribution in [3.63, 3.8) is 0 Å². The molecular formula is C27H40O8. The molecule has 0 bridgehead atoms. The third kappa shape index (κ3) is 5.02. The molecule has 196 valence electrons. The first-order valence-electron chi connectivity index (χ1n) is 12.8. The Hall–Kier alpha value is -1.55. The van der Waals surface area contributed by atoms with Gasteiger partial charge in [-0.25, -0.2) is 4.79 Å². The molecule has 1 saturated heterocycles. The molecule has 3 unspecified atom stereocenters.